The standard InChI is InChI=1S/C21H20N6O2/c1-25(2)21(29)15-7-4-6-14(12-15)17-13-26(3)24-18(17)23-20(28)16-8-5-10-27-11-9-22-19(16)27/h4-13H,1-3H3,(H,23,24,28). The molecule has 3 heterocycles. The smallest absolute Gasteiger partial charge is 0.260 e. The van der Waals surface area contributed by atoms with Crippen LogP contribution in [-0.4, -0.2) is 50.0 Å². The molecule has 8 heteroatoms. The average molecular weight is 388 g/mol. The van der Waals surface area contributed by atoms with Crippen LogP contribution in [0.3, 0.4) is 0 Å². The minimum atomic E-state index is -0.303. The van der Waals surface area contributed by atoms with Crippen LogP contribution in [0.25, 0.3) is 16.8 Å². The summed E-state index contributed by atoms with van der Waals surface area (Å²) in [4.78, 5) is 31.0. The van der Waals surface area contributed by atoms with Crippen LogP contribution in [0.2, 0.25) is 0 Å². The van der Waals surface area contributed by atoms with Gasteiger partial charge >= 0.3 is 0 Å². The van der Waals surface area contributed by atoms with E-state index < -0.39 is 0 Å². The molecule has 29 heavy (non-hydrogen) atoms. The number of hydrogen-bond acceptors (Lipinski definition) is 4. The number of carbonyl (C=O) groups excluding carboxylic acids is 2. The van der Waals surface area contributed by atoms with Gasteiger partial charge in [0.1, 0.15) is 5.65 Å². The van der Waals surface area contributed by atoms with Crippen molar-refractivity contribution in [1.29, 1.82) is 0 Å². The molecule has 2 amide bonds. The molecule has 0 saturated carbocycles. The minimum absolute atomic E-state index is 0.0905. The molecule has 3 aromatic heterocycles. The van der Waals surface area contributed by atoms with Crippen LogP contribution in [0.1, 0.15) is 20.7 Å². The van der Waals surface area contributed by atoms with E-state index in [1.807, 2.05) is 24.5 Å². The molecule has 8 nitrogen and oxygen atoms in total. The molecule has 0 aliphatic carbocycles. The number of imidazole rings is 1. The zero-order valence-electron chi connectivity index (χ0n) is 16.3. The van der Waals surface area contributed by atoms with E-state index in [2.05, 4.69) is 15.4 Å². The molecule has 0 unspecified atom stereocenters. The number of pyridine rings is 1. The highest BCUT2D eigenvalue weighted by Crippen LogP contribution is 2.28. The third-order valence-corrected chi connectivity index (χ3v) is 4.55. The van der Waals surface area contributed by atoms with Crippen LogP contribution in [-0.2, 0) is 7.05 Å². The Bertz CT molecular complexity index is 1220. The Labute approximate surface area is 167 Å². The zero-order chi connectivity index (χ0) is 20.5. The quantitative estimate of drug-likeness (QED) is 0.583. The van der Waals surface area contributed by atoms with Gasteiger partial charge in [-0.3, -0.25) is 14.3 Å². The summed E-state index contributed by atoms with van der Waals surface area (Å²) in [5, 5.41) is 7.27. The van der Waals surface area contributed by atoms with Crippen LogP contribution in [0.5, 0.6) is 0 Å². The number of nitrogens with one attached hydrogen (secondary N) is 1. The molecule has 0 atom stereocenters. The normalized spacial score (nSPS) is 10.9. The molecule has 146 valence electrons. The predicted molar refractivity (Wildman–Crippen MR) is 110 cm³/mol. The highest BCUT2D eigenvalue weighted by Gasteiger charge is 2.18. The van der Waals surface area contributed by atoms with Crippen molar-refractivity contribution in [3.63, 3.8) is 0 Å². The van der Waals surface area contributed by atoms with Gasteiger partial charge in [0.15, 0.2) is 5.82 Å². The Morgan fingerprint density at radius 1 is 1.10 bits per heavy atom. The van der Waals surface area contributed by atoms with E-state index in [9.17, 15) is 9.59 Å². The summed E-state index contributed by atoms with van der Waals surface area (Å²) in [5.41, 5.74) is 3.10. The van der Waals surface area contributed by atoms with E-state index in [1.54, 1.807) is 66.9 Å². The van der Waals surface area contributed by atoms with Gasteiger partial charge in [-0.15, -0.1) is 0 Å². The molecule has 0 saturated heterocycles. The highest BCUT2D eigenvalue weighted by atomic mass is 16.2. The second kappa shape index (κ2) is 7.23. The number of aromatic nitrogens is 4. The second-order valence-electron chi connectivity index (χ2n) is 6.88. The lowest BCUT2D eigenvalue weighted by atomic mass is 10.0. The molecule has 0 spiro atoms. The van der Waals surface area contributed by atoms with Gasteiger partial charge in [0.2, 0.25) is 0 Å². The molecule has 0 radical (unpaired) electrons. The lowest BCUT2D eigenvalue weighted by molar-refractivity contribution is 0.0827. The Hall–Kier alpha value is -3.94. The number of anilines is 1. The van der Waals surface area contributed by atoms with E-state index >= 15 is 0 Å². The lowest BCUT2D eigenvalue weighted by Gasteiger charge is -2.11. The maximum atomic E-state index is 12.9. The van der Waals surface area contributed by atoms with E-state index in [1.165, 1.54) is 4.90 Å². The van der Waals surface area contributed by atoms with Gasteiger partial charge in [-0.25, -0.2) is 4.98 Å². The molecular formula is C21H20N6O2. The first-order chi connectivity index (χ1) is 13.9. The Morgan fingerprint density at radius 3 is 2.72 bits per heavy atom. The molecule has 1 aromatic carbocycles. The van der Waals surface area contributed by atoms with Crippen molar-refractivity contribution in [2.45, 2.75) is 0 Å². The summed E-state index contributed by atoms with van der Waals surface area (Å²) < 4.78 is 3.41. The number of fused-ring (bicyclic) bond motifs is 1. The number of nitrogens with zero attached hydrogens (tertiary/aromatic N) is 5. The van der Waals surface area contributed by atoms with Gasteiger partial charge in [0.25, 0.3) is 11.8 Å². The monoisotopic (exact) mass is 388 g/mol. The summed E-state index contributed by atoms with van der Waals surface area (Å²) in [6.45, 7) is 0. The molecule has 0 aliphatic rings. The topological polar surface area (TPSA) is 84.5 Å². The number of carbonyl (C=O) groups is 2. The highest BCUT2D eigenvalue weighted by molar-refractivity contribution is 6.09. The minimum Gasteiger partial charge on any atom is -0.345 e. The molecule has 0 bridgehead atoms. The van der Waals surface area contributed by atoms with Crippen molar-refractivity contribution in [3.05, 3.63) is 72.3 Å². The number of hydrogen-bond donors (Lipinski definition) is 1. The summed E-state index contributed by atoms with van der Waals surface area (Å²) >= 11 is 0. The zero-order valence-corrected chi connectivity index (χ0v) is 16.3. The Kier molecular flexibility index (Phi) is 4.59. The molecule has 1 N–H and O–H groups in total. The fourth-order valence-corrected chi connectivity index (χ4v) is 3.17. The fourth-order valence-electron chi connectivity index (χ4n) is 3.17. The SMILES string of the molecule is CN(C)C(=O)c1cccc(-c2cn(C)nc2NC(=O)c2cccn3ccnc23)c1. The summed E-state index contributed by atoms with van der Waals surface area (Å²) in [6, 6.07) is 10.8. The first-order valence-corrected chi connectivity index (χ1v) is 9.03. The van der Waals surface area contributed by atoms with Crippen LogP contribution >= 0.6 is 0 Å². The van der Waals surface area contributed by atoms with Gasteiger partial charge in [-0.1, -0.05) is 12.1 Å². The van der Waals surface area contributed by atoms with Gasteiger partial charge in [-0.2, -0.15) is 5.10 Å². The number of aryl methyl sites for hydroxylation is 1. The van der Waals surface area contributed by atoms with Crippen LogP contribution < -0.4 is 5.32 Å². The van der Waals surface area contributed by atoms with Gasteiger partial charge in [0.05, 0.1) is 5.56 Å². The van der Waals surface area contributed by atoms with Crippen molar-refractivity contribution in [2.75, 3.05) is 19.4 Å². The lowest BCUT2D eigenvalue weighted by Crippen LogP contribution is -2.21. The summed E-state index contributed by atoms with van der Waals surface area (Å²) in [5.74, 6) is 0.0232. The largest absolute Gasteiger partial charge is 0.345 e. The molecule has 4 rings (SSSR count). The first-order valence-electron chi connectivity index (χ1n) is 9.03. The van der Waals surface area contributed by atoms with Crippen molar-refractivity contribution < 1.29 is 9.59 Å². The fraction of sp³-hybridized carbons (Fsp3) is 0.143. The molecule has 4 aromatic rings. The first kappa shape index (κ1) is 18.4. The van der Waals surface area contributed by atoms with E-state index in [0.29, 0.717) is 22.6 Å². The Morgan fingerprint density at radius 2 is 1.93 bits per heavy atom. The maximum Gasteiger partial charge on any atom is 0.260 e. The van der Waals surface area contributed by atoms with Crippen molar-refractivity contribution in [1.82, 2.24) is 24.1 Å². The average Bonchev–Trinajstić information content (AvgIpc) is 3.33. The van der Waals surface area contributed by atoms with Crippen molar-refractivity contribution in [2.24, 2.45) is 7.05 Å². The molecule has 0 fully saturated rings. The summed E-state index contributed by atoms with van der Waals surface area (Å²) in [6.07, 6.45) is 7.07. The number of amides is 2. The van der Waals surface area contributed by atoms with E-state index in [-0.39, 0.29) is 11.8 Å². The molecular weight excluding hydrogens is 368 g/mol. The van der Waals surface area contributed by atoms with E-state index in [4.69, 9.17) is 0 Å². The van der Waals surface area contributed by atoms with Gasteiger partial charge in [0, 0.05) is 57.1 Å². The predicted octanol–water partition coefficient (Wildman–Crippen LogP) is 2.69. The van der Waals surface area contributed by atoms with E-state index in [0.717, 1.165) is 11.1 Å². The van der Waals surface area contributed by atoms with Crippen LogP contribution in [0.4, 0.5) is 5.82 Å². The third-order valence-electron chi connectivity index (χ3n) is 4.55. The van der Waals surface area contributed by atoms with Crippen LogP contribution in [0, 0.1) is 0 Å². The van der Waals surface area contributed by atoms with Crippen LogP contribution in [0.15, 0.2) is 61.2 Å². The maximum absolute atomic E-state index is 12.9. The van der Waals surface area contributed by atoms with Crippen molar-refractivity contribution >= 4 is 23.3 Å². The number of benzene rings is 1. The number of rotatable bonds is 4. The van der Waals surface area contributed by atoms with Gasteiger partial charge in [-0.05, 0) is 29.8 Å². The van der Waals surface area contributed by atoms with Crippen molar-refractivity contribution in [3.8, 4) is 11.1 Å². The molecule has 0 aliphatic heterocycles. The Balaban J connectivity index is 1.69. The summed E-state index contributed by atoms with van der Waals surface area (Å²) in [7, 11) is 5.20. The second-order valence-corrected chi connectivity index (χ2v) is 6.88. The third kappa shape index (κ3) is 3.47. The van der Waals surface area contributed by atoms with Gasteiger partial charge < -0.3 is 14.6 Å².